The van der Waals surface area contributed by atoms with Crippen molar-refractivity contribution < 1.29 is 4.79 Å². The van der Waals surface area contributed by atoms with Gasteiger partial charge in [0.25, 0.3) is 0 Å². The maximum atomic E-state index is 12.1. The monoisotopic (exact) mass is 235 g/mol. The lowest BCUT2D eigenvalue weighted by Gasteiger charge is -2.40. The van der Waals surface area contributed by atoms with Crippen molar-refractivity contribution in [1.29, 1.82) is 0 Å². The van der Waals surface area contributed by atoms with E-state index in [2.05, 4.69) is 11.9 Å². The first-order valence-electron chi connectivity index (χ1n) is 7.21. The maximum absolute atomic E-state index is 12.1. The molecule has 2 fully saturated rings. The van der Waals surface area contributed by atoms with Crippen LogP contribution in [0.25, 0.3) is 0 Å². The SMILES string of the molecule is C=CCCCC(=O)C1CCC2CCCCC2N1. The van der Waals surface area contributed by atoms with Gasteiger partial charge in [-0.3, -0.25) is 4.79 Å². The Labute approximate surface area is 105 Å². The van der Waals surface area contributed by atoms with Gasteiger partial charge in [-0.25, -0.2) is 0 Å². The molecule has 2 nitrogen and oxygen atoms in total. The van der Waals surface area contributed by atoms with Crippen molar-refractivity contribution in [3.8, 4) is 0 Å². The average Bonchev–Trinajstić information content (AvgIpc) is 2.38. The van der Waals surface area contributed by atoms with Crippen molar-refractivity contribution in [2.75, 3.05) is 0 Å². The Morgan fingerprint density at radius 3 is 2.88 bits per heavy atom. The third-order valence-corrected chi connectivity index (χ3v) is 4.37. The summed E-state index contributed by atoms with van der Waals surface area (Å²) in [5, 5.41) is 3.61. The van der Waals surface area contributed by atoms with Gasteiger partial charge >= 0.3 is 0 Å². The Morgan fingerprint density at radius 2 is 2.06 bits per heavy atom. The number of carbonyl (C=O) groups is 1. The fourth-order valence-electron chi connectivity index (χ4n) is 3.34. The Kier molecular flexibility index (Phi) is 4.78. The normalized spacial score (nSPS) is 32.8. The molecule has 0 spiro atoms. The van der Waals surface area contributed by atoms with E-state index in [0.29, 0.717) is 11.8 Å². The van der Waals surface area contributed by atoms with Crippen LogP contribution in [0.15, 0.2) is 12.7 Å². The van der Waals surface area contributed by atoms with E-state index in [9.17, 15) is 4.79 Å². The van der Waals surface area contributed by atoms with Gasteiger partial charge in [0.05, 0.1) is 6.04 Å². The van der Waals surface area contributed by atoms with Crippen LogP contribution in [0.1, 0.15) is 57.8 Å². The Hall–Kier alpha value is -0.630. The summed E-state index contributed by atoms with van der Waals surface area (Å²) in [6.45, 7) is 3.70. The number of carbonyl (C=O) groups excluding carboxylic acids is 1. The van der Waals surface area contributed by atoms with Crippen molar-refractivity contribution in [1.82, 2.24) is 5.32 Å². The molecule has 2 aliphatic rings. The number of nitrogens with one attached hydrogen (secondary N) is 1. The van der Waals surface area contributed by atoms with Crippen LogP contribution < -0.4 is 5.32 Å². The quantitative estimate of drug-likeness (QED) is 0.585. The van der Waals surface area contributed by atoms with Crippen molar-refractivity contribution in [2.24, 2.45) is 5.92 Å². The van der Waals surface area contributed by atoms with Crippen LogP contribution in [-0.2, 0) is 4.79 Å². The number of allylic oxidation sites excluding steroid dienone is 1. The molecule has 0 aromatic rings. The van der Waals surface area contributed by atoms with Gasteiger partial charge in [0.1, 0.15) is 5.78 Å². The third kappa shape index (κ3) is 3.41. The number of rotatable bonds is 5. The summed E-state index contributed by atoms with van der Waals surface area (Å²) in [7, 11) is 0. The van der Waals surface area contributed by atoms with E-state index in [4.69, 9.17) is 0 Å². The van der Waals surface area contributed by atoms with E-state index in [1.165, 1.54) is 32.1 Å². The molecule has 3 atom stereocenters. The van der Waals surface area contributed by atoms with Crippen LogP contribution >= 0.6 is 0 Å². The first-order chi connectivity index (χ1) is 8.31. The first kappa shape index (κ1) is 12.8. The number of unbranched alkanes of at least 4 members (excludes halogenated alkanes) is 1. The van der Waals surface area contributed by atoms with Gasteiger partial charge in [0.2, 0.25) is 0 Å². The molecule has 1 saturated carbocycles. The van der Waals surface area contributed by atoms with Crippen molar-refractivity contribution >= 4 is 5.78 Å². The van der Waals surface area contributed by atoms with Crippen LogP contribution in [0, 0.1) is 5.92 Å². The zero-order valence-electron chi connectivity index (χ0n) is 10.8. The second-order valence-corrected chi connectivity index (χ2v) is 5.59. The molecule has 1 heterocycles. The number of fused-ring (bicyclic) bond motifs is 1. The minimum Gasteiger partial charge on any atom is -0.304 e. The topological polar surface area (TPSA) is 29.1 Å². The second kappa shape index (κ2) is 6.34. The second-order valence-electron chi connectivity index (χ2n) is 5.59. The molecule has 0 aromatic carbocycles. The lowest BCUT2D eigenvalue weighted by Crippen LogP contribution is -2.51. The largest absolute Gasteiger partial charge is 0.304 e. The summed E-state index contributed by atoms with van der Waals surface area (Å²) in [5.41, 5.74) is 0. The molecular formula is C15H25NO. The third-order valence-electron chi connectivity index (χ3n) is 4.37. The highest BCUT2D eigenvalue weighted by molar-refractivity contribution is 5.84. The van der Waals surface area contributed by atoms with Gasteiger partial charge in [0, 0.05) is 12.5 Å². The smallest absolute Gasteiger partial charge is 0.149 e. The fraction of sp³-hybridized carbons (Fsp3) is 0.800. The molecule has 0 amide bonds. The van der Waals surface area contributed by atoms with E-state index in [0.717, 1.165) is 31.6 Å². The molecule has 0 radical (unpaired) electrons. The van der Waals surface area contributed by atoms with Crippen LogP contribution in [0.5, 0.6) is 0 Å². The minimum absolute atomic E-state index is 0.152. The number of hydrogen-bond acceptors (Lipinski definition) is 2. The predicted octanol–water partition coefficient (Wildman–Crippen LogP) is 3.22. The van der Waals surface area contributed by atoms with Gasteiger partial charge in [-0.1, -0.05) is 18.9 Å². The minimum atomic E-state index is 0.152. The summed E-state index contributed by atoms with van der Waals surface area (Å²) in [5.74, 6) is 1.27. The molecule has 2 heteroatoms. The molecule has 17 heavy (non-hydrogen) atoms. The van der Waals surface area contributed by atoms with E-state index >= 15 is 0 Å². The van der Waals surface area contributed by atoms with Gasteiger partial charge < -0.3 is 5.32 Å². The highest BCUT2D eigenvalue weighted by Gasteiger charge is 2.33. The molecule has 96 valence electrons. The number of Topliss-reactive ketones (excluding diaryl/α,β-unsaturated/α-hetero) is 1. The highest BCUT2D eigenvalue weighted by Crippen LogP contribution is 2.32. The molecule has 3 unspecified atom stereocenters. The molecule has 1 aliphatic heterocycles. The number of piperidine rings is 1. The van der Waals surface area contributed by atoms with Crippen molar-refractivity contribution in [3.63, 3.8) is 0 Å². The summed E-state index contributed by atoms with van der Waals surface area (Å²) in [4.78, 5) is 12.1. The standard InChI is InChI=1S/C15H25NO/c1-2-3-4-9-15(17)14-11-10-12-7-5-6-8-13(12)16-14/h2,12-14,16H,1,3-11H2. The lowest BCUT2D eigenvalue weighted by molar-refractivity contribution is -0.122. The molecular weight excluding hydrogens is 210 g/mol. The highest BCUT2D eigenvalue weighted by atomic mass is 16.1. The van der Waals surface area contributed by atoms with Gasteiger partial charge in [-0.05, 0) is 44.4 Å². The first-order valence-corrected chi connectivity index (χ1v) is 7.21. The van der Waals surface area contributed by atoms with Gasteiger partial charge in [0.15, 0.2) is 0 Å². The summed E-state index contributed by atoms with van der Waals surface area (Å²) in [6, 6.07) is 0.782. The van der Waals surface area contributed by atoms with Gasteiger partial charge in [-0.15, -0.1) is 6.58 Å². The van der Waals surface area contributed by atoms with Crippen LogP contribution in [-0.4, -0.2) is 17.9 Å². The zero-order valence-corrected chi connectivity index (χ0v) is 10.8. The van der Waals surface area contributed by atoms with Crippen LogP contribution in [0.4, 0.5) is 0 Å². The lowest BCUT2D eigenvalue weighted by atomic mass is 9.77. The molecule has 1 aliphatic carbocycles. The van der Waals surface area contributed by atoms with E-state index in [1.54, 1.807) is 0 Å². The molecule has 2 rings (SSSR count). The molecule has 1 saturated heterocycles. The van der Waals surface area contributed by atoms with E-state index in [-0.39, 0.29) is 6.04 Å². The average molecular weight is 235 g/mol. The number of hydrogen-bond donors (Lipinski definition) is 1. The van der Waals surface area contributed by atoms with Gasteiger partial charge in [-0.2, -0.15) is 0 Å². The molecule has 1 N–H and O–H groups in total. The fourth-order valence-corrected chi connectivity index (χ4v) is 3.34. The zero-order chi connectivity index (χ0) is 12.1. The summed E-state index contributed by atoms with van der Waals surface area (Å²) in [6.07, 6.45) is 12.3. The van der Waals surface area contributed by atoms with Crippen LogP contribution in [0.2, 0.25) is 0 Å². The van der Waals surface area contributed by atoms with E-state index < -0.39 is 0 Å². The van der Waals surface area contributed by atoms with Crippen molar-refractivity contribution in [2.45, 2.75) is 69.9 Å². The summed E-state index contributed by atoms with van der Waals surface area (Å²) < 4.78 is 0. The Morgan fingerprint density at radius 1 is 1.24 bits per heavy atom. The number of ketones is 1. The molecule has 0 aromatic heterocycles. The maximum Gasteiger partial charge on any atom is 0.149 e. The predicted molar refractivity (Wildman–Crippen MR) is 71.0 cm³/mol. The Balaban J connectivity index is 1.78. The van der Waals surface area contributed by atoms with Crippen molar-refractivity contribution in [3.05, 3.63) is 12.7 Å². The van der Waals surface area contributed by atoms with E-state index in [1.807, 2.05) is 6.08 Å². The summed E-state index contributed by atoms with van der Waals surface area (Å²) >= 11 is 0. The van der Waals surface area contributed by atoms with Crippen LogP contribution in [0.3, 0.4) is 0 Å². The molecule has 0 bridgehead atoms. The Bertz CT molecular complexity index is 274.